The number of hydrogen-bond acceptors (Lipinski definition) is 10. The van der Waals surface area contributed by atoms with Gasteiger partial charge in [0.15, 0.2) is 11.7 Å². The molecule has 166 valence electrons. The molecule has 3 rings (SSSR count). The summed E-state index contributed by atoms with van der Waals surface area (Å²) in [5.41, 5.74) is -1.16. The van der Waals surface area contributed by atoms with Crippen molar-refractivity contribution in [3.8, 4) is 0 Å². The molecule has 3 heterocycles. The summed E-state index contributed by atoms with van der Waals surface area (Å²) in [6.45, 7) is 3.59. The summed E-state index contributed by atoms with van der Waals surface area (Å²) in [6, 6.07) is 1.16. The van der Waals surface area contributed by atoms with Gasteiger partial charge in [-0.2, -0.15) is 0 Å². The molecule has 1 fully saturated rings. The molecule has 2 aromatic rings. The van der Waals surface area contributed by atoms with Gasteiger partial charge >= 0.3 is 13.3 Å². The lowest BCUT2D eigenvalue weighted by atomic mass is 10.1. The van der Waals surface area contributed by atoms with E-state index >= 15 is 0 Å². The van der Waals surface area contributed by atoms with Crippen LogP contribution in [0.2, 0.25) is 0 Å². The van der Waals surface area contributed by atoms with Crippen LogP contribution < -0.4 is 16.7 Å². The average Bonchev–Trinajstić information content (AvgIpc) is 3.28. The smallest absolute Gasteiger partial charge is 0.380 e. The van der Waals surface area contributed by atoms with Gasteiger partial charge in [0.1, 0.15) is 18.3 Å². The topological polar surface area (TPSA) is 160 Å². The monoisotopic (exact) mass is 445 g/mol. The molecule has 2 unspecified atom stereocenters. The van der Waals surface area contributed by atoms with E-state index in [0.717, 1.165) is 10.6 Å². The minimum atomic E-state index is -3.67. The van der Waals surface area contributed by atoms with E-state index in [0.29, 0.717) is 0 Å². The van der Waals surface area contributed by atoms with Gasteiger partial charge in [0.05, 0.1) is 26.0 Å². The summed E-state index contributed by atoms with van der Waals surface area (Å²) in [6.07, 6.45) is -1.43. The first kappa shape index (κ1) is 22.5. The average molecular weight is 445 g/mol. The maximum absolute atomic E-state index is 13.1. The number of ether oxygens (including phenoxy) is 2. The van der Waals surface area contributed by atoms with Crippen LogP contribution in [0.4, 0.5) is 0 Å². The van der Waals surface area contributed by atoms with E-state index in [4.69, 9.17) is 18.5 Å². The molecule has 13 nitrogen and oxygen atoms in total. The number of nitrogens with one attached hydrogen (secondary N) is 1. The van der Waals surface area contributed by atoms with Crippen LogP contribution in [0.3, 0.4) is 0 Å². The Hall–Kier alpha value is -2.15. The number of H-pyrrole nitrogens is 1. The molecule has 2 N–H and O–H groups in total. The highest BCUT2D eigenvalue weighted by Crippen LogP contribution is 2.46. The van der Waals surface area contributed by atoms with Gasteiger partial charge in [0.2, 0.25) is 0 Å². The summed E-state index contributed by atoms with van der Waals surface area (Å²) in [5, 5.41) is 18.4. The van der Waals surface area contributed by atoms with Crippen LogP contribution in [-0.2, 0) is 29.6 Å². The lowest BCUT2D eigenvalue weighted by Gasteiger charge is -2.20. The molecule has 0 radical (unpaired) electrons. The van der Waals surface area contributed by atoms with Crippen molar-refractivity contribution in [1.29, 1.82) is 0 Å². The minimum Gasteiger partial charge on any atom is -0.387 e. The number of aromatic nitrogens is 5. The molecule has 0 amide bonds. The summed E-state index contributed by atoms with van der Waals surface area (Å²) < 4.78 is 37.3. The van der Waals surface area contributed by atoms with Crippen LogP contribution in [0.15, 0.2) is 28.0 Å². The van der Waals surface area contributed by atoms with E-state index in [-0.39, 0.29) is 25.2 Å². The summed E-state index contributed by atoms with van der Waals surface area (Å²) >= 11 is 0. The first-order valence-electron chi connectivity index (χ1n) is 9.30. The first-order chi connectivity index (χ1) is 14.3. The zero-order valence-electron chi connectivity index (χ0n) is 16.7. The van der Waals surface area contributed by atoms with Crippen LogP contribution in [0, 0.1) is 0 Å². The molecule has 4 atom stereocenters. The number of aliphatic hydroxyl groups excluding tert-OH is 1. The van der Waals surface area contributed by atoms with Gasteiger partial charge in [0, 0.05) is 19.4 Å². The van der Waals surface area contributed by atoms with Crippen LogP contribution in [0.1, 0.15) is 20.1 Å². The molecule has 0 bridgehead atoms. The third-order valence-corrected chi connectivity index (χ3v) is 6.64. The van der Waals surface area contributed by atoms with Crippen molar-refractivity contribution in [2.24, 2.45) is 0 Å². The van der Waals surface area contributed by atoms with E-state index in [9.17, 15) is 19.3 Å². The lowest BCUT2D eigenvalue weighted by Crippen LogP contribution is -2.39. The van der Waals surface area contributed by atoms with E-state index in [1.807, 2.05) is 0 Å². The van der Waals surface area contributed by atoms with Gasteiger partial charge in [-0.15, -0.1) is 5.10 Å². The molecule has 0 spiro atoms. The number of hydrogen-bond donors (Lipinski definition) is 2. The van der Waals surface area contributed by atoms with Crippen molar-refractivity contribution in [3.05, 3.63) is 39.3 Å². The fourth-order valence-electron chi connectivity index (χ4n) is 3.25. The SMILES string of the molecule is CCOP(=O)(OCC)c1cnnn1C[C@H]1O[C@@H](n2ccc(=O)[nH]c2=O)C(OC)C1O. The molecule has 0 saturated carbocycles. The van der Waals surface area contributed by atoms with E-state index in [1.165, 1.54) is 24.2 Å². The Morgan fingerprint density at radius 3 is 2.60 bits per heavy atom. The summed E-state index contributed by atoms with van der Waals surface area (Å²) in [7, 11) is -2.31. The Labute approximate surface area is 171 Å². The highest BCUT2D eigenvalue weighted by atomic mass is 31.2. The van der Waals surface area contributed by atoms with Gasteiger partial charge < -0.3 is 23.6 Å². The summed E-state index contributed by atoms with van der Waals surface area (Å²) in [5.74, 6) is 0. The van der Waals surface area contributed by atoms with Gasteiger partial charge in [-0.25, -0.2) is 9.48 Å². The molecule has 14 heteroatoms. The zero-order valence-corrected chi connectivity index (χ0v) is 17.6. The first-order valence-corrected chi connectivity index (χ1v) is 10.8. The van der Waals surface area contributed by atoms with Crippen LogP contribution >= 0.6 is 7.60 Å². The molecule has 1 aliphatic rings. The van der Waals surface area contributed by atoms with Crippen molar-refractivity contribution < 1.29 is 28.2 Å². The Morgan fingerprint density at radius 1 is 1.30 bits per heavy atom. The van der Waals surface area contributed by atoms with Crippen molar-refractivity contribution in [3.63, 3.8) is 0 Å². The van der Waals surface area contributed by atoms with E-state index in [1.54, 1.807) is 13.8 Å². The van der Waals surface area contributed by atoms with Crippen LogP contribution in [0.5, 0.6) is 0 Å². The van der Waals surface area contributed by atoms with Crippen molar-refractivity contribution in [1.82, 2.24) is 24.5 Å². The summed E-state index contributed by atoms with van der Waals surface area (Å²) in [4.78, 5) is 25.6. The highest BCUT2D eigenvalue weighted by molar-refractivity contribution is 7.61. The lowest BCUT2D eigenvalue weighted by molar-refractivity contribution is -0.0565. The maximum Gasteiger partial charge on any atom is 0.380 e. The molecule has 0 aliphatic carbocycles. The van der Waals surface area contributed by atoms with Crippen molar-refractivity contribution in [2.45, 2.75) is 44.9 Å². The number of aromatic amines is 1. The molecular formula is C16H24N5O8P. The highest BCUT2D eigenvalue weighted by Gasteiger charge is 2.46. The van der Waals surface area contributed by atoms with Gasteiger partial charge in [-0.05, 0) is 13.8 Å². The quantitative estimate of drug-likeness (QED) is 0.458. The molecule has 0 aromatic carbocycles. The molecule has 2 aromatic heterocycles. The van der Waals surface area contributed by atoms with Crippen molar-refractivity contribution in [2.75, 3.05) is 20.3 Å². The second-order valence-corrected chi connectivity index (χ2v) is 8.35. The van der Waals surface area contributed by atoms with Gasteiger partial charge in [-0.3, -0.25) is 18.9 Å². The zero-order chi connectivity index (χ0) is 21.9. The molecular weight excluding hydrogens is 421 g/mol. The predicted octanol–water partition coefficient (Wildman–Crippen LogP) is -1.01. The van der Waals surface area contributed by atoms with E-state index in [2.05, 4.69) is 15.3 Å². The fraction of sp³-hybridized carbons (Fsp3) is 0.625. The minimum absolute atomic E-state index is 0.0604. The molecule has 1 aliphatic heterocycles. The Morgan fingerprint density at radius 2 is 2.00 bits per heavy atom. The number of aliphatic hydroxyl groups is 1. The largest absolute Gasteiger partial charge is 0.387 e. The van der Waals surface area contributed by atoms with Crippen LogP contribution in [0.25, 0.3) is 0 Å². The van der Waals surface area contributed by atoms with E-state index < -0.39 is 43.4 Å². The maximum atomic E-state index is 13.1. The molecule has 1 saturated heterocycles. The predicted molar refractivity (Wildman–Crippen MR) is 103 cm³/mol. The van der Waals surface area contributed by atoms with Crippen molar-refractivity contribution >= 4 is 13.0 Å². The standard InChI is InChI=1S/C16H24N5O8P/c1-4-27-30(25,28-5-2)12-8-17-19-21(12)9-10-13(23)14(26-3)15(29-10)20-7-6-11(22)18-16(20)24/h6-8,10,13-15,23H,4-5,9H2,1-3H3,(H,18,22,24)/t10-,13?,14?,15-/m1/s1. The van der Waals surface area contributed by atoms with Gasteiger partial charge in [-0.1, -0.05) is 5.21 Å². The molecule has 30 heavy (non-hydrogen) atoms. The van der Waals surface area contributed by atoms with Crippen LogP contribution in [-0.4, -0.2) is 68.3 Å². The number of rotatable bonds is 9. The number of methoxy groups -OCH3 is 1. The second-order valence-electron chi connectivity index (χ2n) is 6.38. The normalized spacial score (nSPS) is 24.4. The third kappa shape index (κ3) is 4.31. The second kappa shape index (κ2) is 9.33. The number of nitrogens with zero attached hydrogens (tertiary/aromatic N) is 4. The Balaban J connectivity index is 1.88. The fourth-order valence-corrected chi connectivity index (χ4v) is 4.87. The Kier molecular flexibility index (Phi) is 7.01. The van der Waals surface area contributed by atoms with Gasteiger partial charge in [0.25, 0.3) is 5.56 Å². The third-order valence-electron chi connectivity index (χ3n) is 4.54. The Bertz CT molecular complexity index is 1010.